The van der Waals surface area contributed by atoms with Crippen LogP contribution in [-0.2, 0) is 27.3 Å². The molecule has 5 heteroatoms. The van der Waals surface area contributed by atoms with Crippen LogP contribution in [0.1, 0.15) is 68.6 Å². The van der Waals surface area contributed by atoms with E-state index in [-0.39, 0.29) is 11.7 Å². The maximum absolute atomic E-state index is 13.5. The summed E-state index contributed by atoms with van der Waals surface area (Å²) in [5.41, 5.74) is 2.04. The van der Waals surface area contributed by atoms with Crippen molar-refractivity contribution in [3.63, 3.8) is 0 Å². The molecule has 25 heavy (non-hydrogen) atoms. The summed E-state index contributed by atoms with van der Waals surface area (Å²) in [6.45, 7) is 4.06. The van der Waals surface area contributed by atoms with Crippen molar-refractivity contribution in [1.82, 2.24) is 5.06 Å². The molecule has 1 aromatic rings. The van der Waals surface area contributed by atoms with Crippen molar-refractivity contribution in [3.05, 3.63) is 33.8 Å². The molecule has 0 N–H and O–H groups in total. The van der Waals surface area contributed by atoms with Crippen molar-refractivity contribution < 1.29 is 14.4 Å². The van der Waals surface area contributed by atoms with E-state index in [0.717, 1.165) is 48.8 Å². The van der Waals surface area contributed by atoms with Gasteiger partial charge in [-0.15, -0.1) is 0 Å². The summed E-state index contributed by atoms with van der Waals surface area (Å²) in [5, 5.41) is 2.04. The van der Waals surface area contributed by atoms with Crippen LogP contribution in [0.5, 0.6) is 0 Å². The first-order valence-electron chi connectivity index (χ1n) is 9.23. The highest BCUT2D eigenvalue weighted by Gasteiger charge is 2.60. The third-order valence-electron chi connectivity index (χ3n) is 5.79. The van der Waals surface area contributed by atoms with Gasteiger partial charge in [0.25, 0.3) is 5.91 Å². The predicted molar refractivity (Wildman–Crippen MR) is 97.6 cm³/mol. The minimum Gasteiger partial charge on any atom is -0.296 e. The van der Waals surface area contributed by atoms with Crippen molar-refractivity contribution in [1.29, 1.82) is 0 Å². The molecule has 1 amide bonds. The normalized spacial score (nSPS) is 22.9. The van der Waals surface area contributed by atoms with E-state index >= 15 is 0 Å². The molecule has 2 aliphatic rings. The number of hydrogen-bond acceptors (Lipinski definition) is 3. The third-order valence-corrected chi connectivity index (χ3v) is 6.00. The Kier molecular flexibility index (Phi) is 5.21. The lowest BCUT2D eigenvalue weighted by atomic mass is 9.75. The number of halogens is 1. The van der Waals surface area contributed by atoms with Crippen LogP contribution in [0.15, 0.2) is 12.1 Å². The number of benzene rings is 1. The number of carbonyl (C=O) groups is 2. The maximum atomic E-state index is 13.5. The summed E-state index contributed by atoms with van der Waals surface area (Å²) < 4.78 is 0. The number of nitrogens with zero attached hydrogens (tertiary/aromatic N) is 1. The van der Waals surface area contributed by atoms with Crippen molar-refractivity contribution in [3.8, 4) is 0 Å². The zero-order valence-corrected chi connectivity index (χ0v) is 16.0. The first-order valence-corrected chi connectivity index (χ1v) is 9.61. The summed E-state index contributed by atoms with van der Waals surface area (Å²) >= 11 is 6.25. The second-order valence-electron chi connectivity index (χ2n) is 7.05. The van der Waals surface area contributed by atoms with Gasteiger partial charge in [0.1, 0.15) is 11.5 Å². The Balaban J connectivity index is 2.15. The van der Waals surface area contributed by atoms with Gasteiger partial charge in [0.15, 0.2) is 5.78 Å². The second kappa shape index (κ2) is 7.08. The van der Waals surface area contributed by atoms with E-state index in [1.54, 1.807) is 0 Å². The molecular formula is C20H26ClNO3. The summed E-state index contributed by atoms with van der Waals surface area (Å²) in [4.78, 5) is 32.1. The van der Waals surface area contributed by atoms with Crippen LogP contribution >= 0.6 is 11.6 Å². The highest BCUT2D eigenvalue weighted by atomic mass is 35.5. The molecule has 1 aliphatic carbocycles. The maximum Gasteiger partial charge on any atom is 0.262 e. The first kappa shape index (κ1) is 18.4. The van der Waals surface area contributed by atoms with E-state index in [2.05, 4.69) is 0 Å². The topological polar surface area (TPSA) is 46.6 Å². The molecule has 1 saturated heterocycles. The average Bonchev–Trinajstić information content (AvgIpc) is 2.81. The number of hydrogen-bond donors (Lipinski definition) is 0. The zero-order valence-electron chi connectivity index (χ0n) is 15.2. The number of ketones is 1. The van der Waals surface area contributed by atoms with E-state index in [4.69, 9.17) is 16.4 Å². The van der Waals surface area contributed by atoms with Crippen molar-refractivity contribution in [2.45, 2.75) is 70.3 Å². The molecular weight excluding hydrogens is 338 g/mol. The Hall–Kier alpha value is -1.39. The molecule has 1 aromatic carbocycles. The Morgan fingerprint density at radius 3 is 2.16 bits per heavy atom. The predicted octanol–water partition coefficient (Wildman–Crippen LogP) is 4.22. The number of carbonyl (C=O) groups excluding carboxylic acids is 2. The fourth-order valence-corrected chi connectivity index (χ4v) is 4.87. The summed E-state index contributed by atoms with van der Waals surface area (Å²) in [6.07, 6.45) is 5.87. The summed E-state index contributed by atoms with van der Waals surface area (Å²) in [6, 6.07) is 3.78. The smallest absolute Gasteiger partial charge is 0.262 e. The number of Topliss-reactive ketones (excluding diaryl/α,β-unsaturated/α-hetero) is 1. The minimum atomic E-state index is -0.787. The number of amides is 1. The van der Waals surface area contributed by atoms with E-state index in [0.29, 0.717) is 17.9 Å². The van der Waals surface area contributed by atoms with Crippen LogP contribution in [0, 0.1) is 0 Å². The molecule has 1 atom stereocenters. The third kappa shape index (κ3) is 2.80. The van der Waals surface area contributed by atoms with Crippen molar-refractivity contribution in [2.24, 2.45) is 0 Å². The number of aryl methyl sites for hydroxylation is 2. The van der Waals surface area contributed by atoms with Gasteiger partial charge in [-0.3, -0.25) is 14.4 Å². The van der Waals surface area contributed by atoms with Gasteiger partial charge >= 0.3 is 0 Å². The van der Waals surface area contributed by atoms with Gasteiger partial charge in [-0.25, -0.2) is 5.06 Å². The highest BCUT2D eigenvalue weighted by molar-refractivity contribution is 6.30. The Morgan fingerprint density at radius 2 is 1.68 bits per heavy atom. The fourth-order valence-electron chi connectivity index (χ4n) is 4.61. The van der Waals surface area contributed by atoms with Crippen LogP contribution in [0.4, 0.5) is 0 Å². The first-order chi connectivity index (χ1) is 12.0. The van der Waals surface area contributed by atoms with E-state index < -0.39 is 11.5 Å². The SMILES string of the molecule is CCc1cc(Cl)cc(CC)c1C1C(=O)N(OC)C2(CCCCC2)C1=O. The Bertz CT molecular complexity index is 669. The lowest BCUT2D eigenvalue weighted by molar-refractivity contribution is -0.201. The quantitative estimate of drug-likeness (QED) is 0.752. The van der Waals surface area contributed by atoms with Crippen LogP contribution in [0.2, 0.25) is 5.02 Å². The molecule has 0 bridgehead atoms. The number of hydroxylamine groups is 2. The summed E-state index contributed by atoms with van der Waals surface area (Å²) in [5.74, 6) is -0.980. The standard InChI is InChI=1S/C20H26ClNO3/c1-4-13-11-15(21)12-14(5-2)16(13)17-18(23)20(9-7-6-8-10-20)22(25-3)19(17)24/h11-12,17H,4-10H2,1-3H3. The molecule has 1 heterocycles. The van der Waals surface area contributed by atoms with Gasteiger partial charge in [-0.05, 0) is 54.5 Å². The molecule has 4 nitrogen and oxygen atoms in total. The van der Waals surface area contributed by atoms with Gasteiger partial charge in [0.2, 0.25) is 0 Å². The van der Waals surface area contributed by atoms with Crippen LogP contribution in [0.3, 0.4) is 0 Å². The van der Waals surface area contributed by atoms with Crippen LogP contribution in [-0.4, -0.2) is 29.4 Å². The molecule has 2 fully saturated rings. The van der Waals surface area contributed by atoms with Crippen molar-refractivity contribution >= 4 is 23.3 Å². The largest absolute Gasteiger partial charge is 0.296 e. The summed E-state index contributed by atoms with van der Waals surface area (Å²) in [7, 11) is 1.49. The molecule has 0 radical (unpaired) electrons. The van der Waals surface area contributed by atoms with Gasteiger partial charge in [-0.1, -0.05) is 44.7 Å². The number of rotatable bonds is 4. The molecule has 1 saturated carbocycles. The zero-order chi connectivity index (χ0) is 18.2. The molecule has 1 aliphatic heterocycles. The van der Waals surface area contributed by atoms with Gasteiger partial charge in [0, 0.05) is 5.02 Å². The Morgan fingerprint density at radius 1 is 1.12 bits per heavy atom. The van der Waals surface area contributed by atoms with Crippen LogP contribution < -0.4 is 0 Å². The lowest BCUT2D eigenvalue weighted by Gasteiger charge is -2.37. The Labute approximate surface area is 154 Å². The molecule has 3 rings (SSSR count). The van der Waals surface area contributed by atoms with Crippen LogP contribution in [0.25, 0.3) is 0 Å². The van der Waals surface area contributed by atoms with Gasteiger partial charge in [0.05, 0.1) is 7.11 Å². The van der Waals surface area contributed by atoms with E-state index in [1.807, 2.05) is 26.0 Å². The highest BCUT2D eigenvalue weighted by Crippen LogP contribution is 2.47. The van der Waals surface area contributed by atoms with E-state index in [1.165, 1.54) is 12.2 Å². The average molecular weight is 364 g/mol. The van der Waals surface area contributed by atoms with Crippen molar-refractivity contribution in [2.75, 3.05) is 7.11 Å². The molecule has 1 unspecified atom stereocenters. The second-order valence-corrected chi connectivity index (χ2v) is 7.49. The molecule has 0 aromatic heterocycles. The van der Waals surface area contributed by atoms with Gasteiger partial charge < -0.3 is 0 Å². The minimum absolute atomic E-state index is 0.00534. The van der Waals surface area contributed by atoms with E-state index in [9.17, 15) is 9.59 Å². The van der Waals surface area contributed by atoms with Gasteiger partial charge in [-0.2, -0.15) is 0 Å². The molecule has 1 spiro atoms. The fraction of sp³-hybridized carbons (Fsp3) is 0.600. The monoisotopic (exact) mass is 363 g/mol. The molecule has 136 valence electrons. The lowest BCUT2D eigenvalue weighted by Crippen LogP contribution is -2.50.